The van der Waals surface area contributed by atoms with Gasteiger partial charge in [-0.3, -0.25) is 4.79 Å². The zero-order valence-electron chi connectivity index (χ0n) is 18.4. The van der Waals surface area contributed by atoms with Gasteiger partial charge in [-0.1, -0.05) is 83.1 Å². The second-order valence-corrected chi connectivity index (χ2v) is 9.31. The zero-order valence-corrected chi connectivity index (χ0v) is 18.4. The lowest BCUT2D eigenvalue weighted by molar-refractivity contribution is -0.137. The largest absolute Gasteiger partial charge is 0.481 e. The van der Waals surface area contributed by atoms with Gasteiger partial charge in [-0.25, -0.2) is 0 Å². The topological polar surface area (TPSA) is 77.8 Å². The minimum absolute atomic E-state index is 0.00549. The first-order valence-corrected chi connectivity index (χ1v) is 11.2. The van der Waals surface area contributed by atoms with Crippen molar-refractivity contribution in [2.45, 2.75) is 111 Å². The molecule has 4 nitrogen and oxygen atoms in total. The van der Waals surface area contributed by atoms with E-state index in [0.29, 0.717) is 6.42 Å². The monoisotopic (exact) mass is 394 g/mol. The van der Waals surface area contributed by atoms with E-state index in [-0.39, 0.29) is 17.8 Å². The summed E-state index contributed by atoms with van der Waals surface area (Å²) >= 11 is 0. The van der Waals surface area contributed by atoms with Gasteiger partial charge in [0.1, 0.15) is 0 Å². The maximum atomic E-state index is 10.7. The van der Waals surface area contributed by atoms with Gasteiger partial charge in [-0.2, -0.15) is 0 Å². The molecule has 0 unspecified atom stereocenters. The minimum Gasteiger partial charge on any atom is -0.481 e. The predicted molar refractivity (Wildman–Crippen MR) is 115 cm³/mol. The highest BCUT2D eigenvalue weighted by atomic mass is 16.4. The molecular formula is C24H42O4. The Morgan fingerprint density at radius 3 is 2.43 bits per heavy atom. The van der Waals surface area contributed by atoms with Crippen LogP contribution in [0.1, 0.15) is 98.3 Å². The van der Waals surface area contributed by atoms with Crippen molar-refractivity contribution >= 4 is 5.97 Å². The van der Waals surface area contributed by atoms with E-state index in [1.807, 2.05) is 12.2 Å². The molecule has 0 aromatic heterocycles. The van der Waals surface area contributed by atoms with Crippen molar-refractivity contribution in [3.63, 3.8) is 0 Å². The Balaban J connectivity index is 2.71. The predicted octanol–water partition coefficient (Wildman–Crippen LogP) is 5.63. The molecule has 3 N–H and O–H groups in total. The van der Waals surface area contributed by atoms with Crippen LogP contribution >= 0.6 is 0 Å². The van der Waals surface area contributed by atoms with Gasteiger partial charge in [0.15, 0.2) is 0 Å². The second kappa shape index (κ2) is 12.4. The number of unbranched alkanes of at least 4 members (excludes halogenated alkanes) is 5. The van der Waals surface area contributed by atoms with Crippen LogP contribution in [0, 0.1) is 11.3 Å². The molecule has 0 amide bonds. The Bertz CT molecular complexity index is 527. The number of hydrogen-bond donors (Lipinski definition) is 3. The molecule has 0 saturated carbocycles. The van der Waals surface area contributed by atoms with Gasteiger partial charge in [-0.05, 0) is 37.5 Å². The van der Waals surface area contributed by atoms with Crippen molar-refractivity contribution in [1.82, 2.24) is 0 Å². The number of rotatable bonds is 13. The highest BCUT2D eigenvalue weighted by Crippen LogP contribution is 2.44. The van der Waals surface area contributed by atoms with Crippen molar-refractivity contribution < 1.29 is 20.1 Å². The first-order chi connectivity index (χ1) is 13.2. The van der Waals surface area contributed by atoms with E-state index in [1.54, 1.807) is 0 Å². The highest BCUT2D eigenvalue weighted by molar-refractivity contribution is 5.66. The molecular weight excluding hydrogens is 352 g/mol. The molecule has 4 heteroatoms. The Morgan fingerprint density at radius 2 is 1.82 bits per heavy atom. The van der Waals surface area contributed by atoms with Crippen molar-refractivity contribution in [3.05, 3.63) is 23.3 Å². The fourth-order valence-corrected chi connectivity index (χ4v) is 4.14. The van der Waals surface area contributed by atoms with Crippen LogP contribution in [0.4, 0.5) is 0 Å². The molecule has 1 aliphatic rings. The summed E-state index contributed by atoms with van der Waals surface area (Å²) in [6, 6.07) is 0. The van der Waals surface area contributed by atoms with Crippen LogP contribution in [-0.4, -0.2) is 33.5 Å². The number of aliphatic hydroxyl groups is 2. The molecule has 0 aromatic carbocycles. The van der Waals surface area contributed by atoms with Crippen LogP contribution in [0.15, 0.2) is 23.3 Å². The third-order valence-electron chi connectivity index (χ3n) is 5.75. The van der Waals surface area contributed by atoms with Crippen molar-refractivity contribution in [1.29, 1.82) is 0 Å². The van der Waals surface area contributed by atoms with Gasteiger partial charge in [0.25, 0.3) is 0 Å². The SMILES string of the molecule is CCCCC[C@H](O)/C=C/[C@@H]1C(CCCCCCC(=O)O)=C(C(C)(C)C)C[C@H]1O. The molecule has 0 heterocycles. The third-order valence-corrected chi connectivity index (χ3v) is 5.75. The molecule has 0 aliphatic heterocycles. The van der Waals surface area contributed by atoms with E-state index < -0.39 is 18.2 Å². The summed E-state index contributed by atoms with van der Waals surface area (Å²) in [5.74, 6) is -0.728. The maximum absolute atomic E-state index is 10.7. The molecule has 0 bridgehead atoms. The molecule has 0 spiro atoms. The fraction of sp³-hybridized carbons (Fsp3) is 0.792. The average molecular weight is 395 g/mol. The molecule has 0 radical (unpaired) electrons. The number of carboxylic acids is 1. The molecule has 3 atom stereocenters. The number of aliphatic carboxylic acids is 1. The van der Waals surface area contributed by atoms with Crippen LogP contribution in [0.2, 0.25) is 0 Å². The van der Waals surface area contributed by atoms with Gasteiger partial charge in [0, 0.05) is 12.3 Å². The number of carboxylic acid groups (broad SMARTS) is 1. The van der Waals surface area contributed by atoms with E-state index in [9.17, 15) is 15.0 Å². The van der Waals surface area contributed by atoms with Gasteiger partial charge >= 0.3 is 5.97 Å². The molecule has 0 saturated heterocycles. The molecule has 0 aromatic rings. The summed E-state index contributed by atoms with van der Waals surface area (Å²) in [4.78, 5) is 10.6. The molecule has 28 heavy (non-hydrogen) atoms. The summed E-state index contributed by atoms with van der Waals surface area (Å²) < 4.78 is 0. The van der Waals surface area contributed by atoms with E-state index in [4.69, 9.17) is 5.11 Å². The van der Waals surface area contributed by atoms with Crippen molar-refractivity contribution in [2.75, 3.05) is 0 Å². The summed E-state index contributed by atoms with van der Waals surface area (Å²) in [5.41, 5.74) is 2.71. The average Bonchev–Trinajstić information content (AvgIpc) is 2.92. The summed E-state index contributed by atoms with van der Waals surface area (Å²) in [5, 5.41) is 29.6. The van der Waals surface area contributed by atoms with Crippen LogP contribution in [0.25, 0.3) is 0 Å². The smallest absolute Gasteiger partial charge is 0.303 e. The molecule has 1 aliphatic carbocycles. The standard InChI is InChI=1S/C24H42O4/c1-5-6-9-12-18(25)15-16-20-19(13-10-7-8-11-14-23(27)28)21(17-22(20)26)24(2,3)4/h15-16,18,20,22,25-26H,5-14,17H2,1-4H3,(H,27,28)/b16-15+/t18-,20+,22+/m0/s1. The van der Waals surface area contributed by atoms with Gasteiger partial charge < -0.3 is 15.3 Å². The van der Waals surface area contributed by atoms with Crippen molar-refractivity contribution in [3.8, 4) is 0 Å². The summed E-state index contributed by atoms with van der Waals surface area (Å²) in [7, 11) is 0. The lowest BCUT2D eigenvalue weighted by Crippen LogP contribution is -2.15. The summed E-state index contributed by atoms with van der Waals surface area (Å²) in [6.45, 7) is 8.76. The number of hydrogen-bond acceptors (Lipinski definition) is 3. The minimum atomic E-state index is -0.723. The Morgan fingerprint density at radius 1 is 1.14 bits per heavy atom. The van der Waals surface area contributed by atoms with E-state index in [0.717, 1.165) is 57.8 Å². The zero-order chi connectivity index (χ0) is 21.2. The normalized spacial score (nSPS) is 21.6. The first-order valence-electron chi connectivity index (χ1n) is 11.2. The van der Waals surface area contributed by atoms with Crippen LogP contribution in [0.3, 0.4) is 0 Å². The summed E-state index contributed by atoms with van der Waals surface area (Å²) in [6.07, 6.45) is 12.7. The van der Waals surface area contributed by atoms with Gasteiger partial charge in [0.2, 0.25) is 0 Å². The van der Waals surface area contributed by atoms with Gasteiger partial charge in [0.05, 0.1) is 12.2 Å². The first kappa shape index (κ1) is 24.9. The van der Waals surface area contributed by atoms with Gasteiger partial charge in [-0.15, -0.1) is 0 Å². The highest BCUT2D eigenvalue weighted by Gasteiger charge is 2.36. The van der Waals surface area contributed by atoms with Crippen LogP contribution in [0.5, 0.6) is 0 Å². The Labute approximate surface area is 171 Å². The lowest BCUT2D eigenvalue weighted by atomic mass is 9.82. The van der Waals surface area contributed by atoms with Crippen LogP contribution in [-0.2, 0) is 4.79 Å². The van der Waals surface area contributed by atoms with E-state index in [2.05, 4.69) is 27.7 Å². The van der Waals surface area contributed by atoms with E-state index >= 15 is 0 Å². The van der Waals surface area contributed by atoms with Crippen LogP contribution < -0.4 is 0 Å². The fourth-order valence-electron chi connectivity index (χ4n) is 4.14. The molecule has 1 rings (SSSR count). The maximum Gasteiger partial charge on any atom is 0.303 e. The van der Waals surface area contributed by atoms with E-state index in [1.165, 1.54) is 11.1 Å². The molecule has 162 valence electrons. The quantitative estimate of drug-likeness (QED) is 0.279. The van der Waals surface area contributed by atoms with Crippen molar-refractivity contribution in [2.24, 2.45) is 11.3 Å². The second-order valence-electron chi connectivity index (χ2n) is 9.31. The lowest BCUT2D eigenvalue weighted by Gasteiger charge is -2.23. The Kier molecular flexibility index (Phi) is 11.1. The third kappa shape index (κ3) is 8.91. The molecule has 0 fully saturated rings. The number of aliphatic hydroxyl groups excluding tert-OH is 2. The Hall–Kier alpha value is -1.13. The number of carbonyl (C=O) groups is 1.